The summed E-state index contributed by atoms with van der Waals surface area (Å²) in [4.78, 5) is 12.0. The molecule has 1 fully saturated rings. The molecule has 1 aliphatic heterocycles. The van der Waals surface area contributed by atoms with Gasteiger partial charge in [-0.15, -0.1) is 0 Å². The Balaban J connectivity index is 1.71. The van der Waals surface area contributed by atoms with Crippen LogP contribution < -0.4 is 10.6 Å². The second kappa shape index (κ2) is 5.05. The van der Waals surface area contributed by atoms with Crippen molar-refractivity contribution in [2.45, 2.75) is 19.9 Å². The molecule has 1 aromatic heterocycles. The van der Waals surface area contributed by atoms with Crippen molar-refractivity contribution < 1.29 is 9.21 Å². The summed E-state index contributed by atoms with van der Waals surface area (Å²) in [7, 11) is 0. The van der Waals surface area contributed by atoms with E-state index in [4.69, 9.17) is 4.42 Å². The van der Waals surface area contributed by atoms with Crippen molar-refractivity contribution in [3.63, 3.8) is 0 Å². The molecule has 100 valence electrons. The molecule has 3 rings (SSSR count). The Morgan fingerprint density at radius 3 is 3.05 bits per heavy atom. The van der Waals surface area contributed by atoms with Gasteiger partial charge in [0.05, 0.1) is 12.5 Å². The molecule has 4 nitrogen and oxygen atoms in total. The van der Waals surface area contributed by atoms with Gasteiger partial charge in [0.1, 0.15) is 11.3 Å². The van der Waals surface area contributed by atoms with Gasteiger partial charge in [0.15, 0.2) is 0 Å². The van der Waals surface area contributed by atoms with Gasteiger partial charge in [-0.3, -0.25) is 4.79 Å². The Kier molecular flexibility index (Phi) is 3.25. The molecule has 0 aliphatic carbocycles. The minimum absolute atomic E-state index is 0.102. The fourth-order valence-corrected chi connectivity index (χ4v) is 2.58. The molecule has 0 saturated carbocycles. The van der Waals surface area contributed by atoms with Crippen molar-refractivity contribution >= 4 is 16.9 Å². The topological polar surface area (TPSA) is 54.3 Å². The summed E-state index contributed by atoms with van der Waals surface area (Å²) in [6, 6.07) is 7.95. The normalized spacial score (nSPS) is 18.9. The molecule has 4 heteroatoms. The van der Waals surface area contributed by atoms with Gasteiger partial charge in [-0.1, -0.05) is 18.2 Å². The fourth-order valence-electron chi connectivity index (χ4n) is 2.58. The van der Waals surface area contributed by atoms with E-state index in [0.717, 1.165) is 41.8 Å². The number of fused-ring (bicyclic) bond motifs is 1. The molecule has 1 atom stereocenters. The maximum absolute atomic E-state index is 12.0. The van der Waals surface area contributed by atoms with Crippen LogP contribution in [0.3, 0.4) is 0 Å². The molecule has 0 radical (unpaired) electrons. The number of amides is 1. The molecule has 2 aromatic rings. The summed E-state index contributed by atoms with van der Waals surface area (Å²) in [5.74, 6) is 1.06. The number of para-hydroxylation sites is 1. The minimum Gasteiger partial charge on any atom is -0.459 e. The first-order valence-electron chi connectivity index (χ1n) is 6.71. The smallest absolute Gasteiger partial charge is 0.224 e. The van der Waals surface area contributed by atoms with E-state index in [1.165, 1.54) is 0 Å². The number of hydrogen-bond donors (Lipinski definition) is 2. The number of nitrogens with one attached hydrogen (secondary N) is 2. The van der Waals surface area contributed by atoms with E-state index in [-0.39, 0.29) is 11.8 Å². The van der Waals surface area contributed by atoms with E-state index >= 15 is 0 Å². The van der Waals surface area contributed by atoms with Gasteiger partial charge in [0.2, 0.25) is 5.91 Å². The van der Waals surface area contributed by atoms with E-state index in [9.17, 15) is 4.79 Å². The maximum atomic E-state index is 12.0. The third kappa shape index (κ3) is 2.36. The van der Waals surface area contributed by atoms with Crippen LogP contribution in [0.5, 0.6) is 0 Å². The maximum Gasteiger partial charge on any atom is 0.224 e. The molecule has 19 heavy (non-hydrogen) atoms. The van der Waals surface area contributed by atoms with E-state index in [2.05, 4.69) is 10.6 Å². The van der Waals surface area contributed by atoms with Gasteiger partial charge < -0.3 is 15.1 Å². The first-order chi connectivity index (χ1) is 9.25. The summed E-state index contributed by atoms with van der Waals surface area (Å²) in [6.45, 7) is 4.22. The van der Waals surface area contributed by atoms with Gasteiger partial charge in [-0.25, -0.2) is 0 Å². The summed E-state index contributed by atoms with van der Waals surface area (Å²) < 4.78 is 5.78. The van der Waals surface area contributed by atoms with Crippen LogP contribution in [0.15, 0.2) is 28.7 Å². The van der Waals surface area contributed by atoms with Gasteiger partial charge >= 0.3 is 0 Å². The third-order valence-electron chi connectivity index (χ3n) is 3.80. The molecule has 1 saturated heterocycles. The molecule has 0 bridgehead atoms. The van der Waals surface area contributed by atoms with Crippen molar-refractivity contribution in [3.05, 3.63) is 35.6 Å². The van der Waals surface area contributed by atoms with Gasteiger partial charge in [-0.2, -0.15) is 0 Å². The van der Waals surface area contributed by atoms with Crippen molar-refractivity contribution in [1.82, 2.24) is 10.6 Å². The zero-order valence-electron chi connectivity index (χ0n) is 11.0. The fraction of sp³-hybridized carbons (Fsp3) is 0.400. The van der Waals surface area contributed by atoms with Crippen LogP contribution in [0.25, 0.3) is 11.0 Å². The lowest BCUT2D eigenvalue weighted by molar-refractivity contribution is -0.124. The van der Waals surface area contributed by atoms with E-state index in [1.807, 2.05) is 31.2 Å². The third-order valence-corrected chi connectivity index (χ3v) is 3.80. The molecule has 2 heterocycles. The summed E-state index contributed by atoms with van der Waals surface area (Å²) >= 11 is 0. The standard InChI is InChI=1S/C15H18N2O2/c1-10-12-4-2-3-5-13(12)19-14(10)9-17-15(18)11-6-7-16-8-11/h2-5,11,16H,6-9H2,1H3,(H,17,18). The summed E-state index contributed by atoms with van der Waals surface area (Å²) in [5.41, 5.74) is 1.99. The number of hydrogen-bond acceptors (Lipinski definition) is 3. The van der Waals surface area contributed by atoms with Crippen molar-refractivity contribution in [2.24, 2.45) is 5.92 Å². The second-order valence-corrected chi connectivity index (χ2v) is 5.05. The quantitative estimate of drug-likeness (QED) is 0.885. The highest BCUT2D eigenvalue weighted by Crippen LogP contribution is 2.24. The molecule has 1 unspecified atom stereocenters. The minimum atomic E-state index is 0.102. The Morgan fingerprint density at radius 1 is 1.47 bits per heavy atom. The van der Waals surface area contributed by atoms with E-state index < -0.39 is 0 Å². The number of aryl methyl sites for hydroxylation is 1. The number of furan rings is 1. The van der Waals surface area contributed by atoms with Crippen LogP contribution in [-0.2, 0) is 11.3 Å². The molecule has 1 aromatic carbocycles. The van der Waals surface area contributed by atoms with Crippen LogP contribution in [0, 0.1) is 12.8 Å². The zero-order valence-corrected chi connectivity index (χ0v) is 11.0. The molecule has 2 N–H and O–H groups in total. The Morgan fingerprint density at radius 2 is 2.32 bits per heavy atom. The van der Waals surface area contributed by atoms with Crippen LogP contribution in [-0.4, -0.2) is 19.0 Å². The molecule has 0 spiro atoms. The lowest BCUT2D eigenvalue weighted by Crippen LogP contribution is -2.31. The highest BCUT2D eigenvalue weighted by atomic mass is 16.3. The predicted molar refractivity (Wildman–Crippen MR) is 73.8 cm³/mol. The Labute approximate surface area is 112 Å². The average Bonchev–Trinajstić information content (AvgIpc) is 3.05. The SMILES string of the molecule is Cc1c(CNC(=O)C2CCNC2)oc2ccccc12. The van der Waals surface area contributed by atoms with Gasteiger partial charge in [0.25, 0.3) is 0 Å². The number of carbonyl (C=O) groups is 1. The van der Waals surface area contributed by atoms with Crippen LogP contribution in [0.1, 0.15) is 17.7 Å². The van der Waals surface area contributed by atoms with Crippen molar-refractivity contribution in [1.29, 1.82) is 0 Å². The molecular formula is C15H18N2O2. The summed E-state index contributed by atoms with van der Waals surface area (Å²) in [6.07, 6.45) is 0.922. The summed E-state index contributed by atoms with van der Waals surface area (Å²) in [5, 5.41) is 7.29. The molecular weight excluding hydrogens is 240 g/mol. The first-order valence-corrected chi connectivity index (χ1v) is 6.71. The number of benzene rings is 1. The molecule has 1 aliphatic rings. The number of rotatable bonds is 3. The van der Waals surface area contributed by atoms with E-state index in [0.29, 0.717) is 6.54 Å². The lowest BCUT2D eigenvalue weighted by atomic mass is 10.1. The van der Waals surface area contributed by atoms with Crippen LogP contribution in [0.4, 0.5) is 0 Å². The van der Waals surface area contributed by atoms with E-state index in [1.54, 1.807) is 0 Å². The largest absolute Gasteiger partial charge is 0.459 e. The van der Waals surface area contributed by atoms with Gasteiger partial charge in [-0.05, 0) is 26.0 Å². The lowest BCUT2D eigenvalue weighted by Gasteiger charge is -2.08. The highest BCUT2D eigenvalue weighted by molar-refractivity contribution is 5.82. The van der Waals surface area contributed by atoms with Crippen molar-refractivity contribution in [3.8, 4) is 0 Å². The van der Waals surface area contributed by atoms with Gasteiger partial charge in [0, 0.05) is 17.5 Å². The van der Waals surface area contributed by atoms with Crippen LogP contribution >= 0.6 is 0 Å². The average molecular weight is 258 g/mol. The zero-order chi connectivity index (χ0) is 13.2. The Bertz CT molecular complexity index is 597. The predicted octanol–water partition coefficient (Wildman–Crippen LogP) is 1.97. The first kappa shape index (κ1) is 12.2. The second-order valence-electron chi connectivity index (χ2n) is 5.05. The van der Waals surface area contributed by atoms with Crippen molar-refractivity contribution in [2.75, 3.05) is 13.1 Å². The molecule has 1 amide bonds. The Hall–Kier alpha value is -1.81. The highest BCUT2D eigenvalue weighted by Gasteiger charge is 2.22. The van der Waals surface area contributed by atoms with Crippen LogP contribution in [0.2, 0.25) is 0 Å². The number of carbonyl (C=O) groups excluding carboxylic acids is 1. The monoisotopic (exact) mass is 258 g/mol.